The van der Waals surface area contributed by atoms with E-state index in [1.165, 1.54) is 4.90 Å². The second-order valence-corrected chi connectivity index (χ2v) is 9.82. The highest BCUT2D eigenvalue weighted by atomic mass is 16.6. The van der Waals surface area contributed by atoms with Crippen molar-refractivity contribution >= 4 is 35.1 Å². The molecule has 3 heterocycles. The molecule has 0 spiro atoms. The zero-order chi connectivity index (χ0) is 29.1. The highest BCUT2D eigenvalue weighted by molar-refractivity contribution is 6.05. The Hall–Kier alpha value is -4.78. The fourth-order valence-corrected chi connectivity index (χ4v) is 4.91. The van der Waals surface area contributed by atoms with E-state index in [2.05, 4.69) is 20.0 Å². The van der Waals surface area contributed by atoms with Crippen molar-refractivity contribution in [3.63, 3.8) is 0 Å². The molecule has 41 heavy (non-hydrogen) atoms. The molecule has 2 fully saturated rings. The Kier molecular flexibility index (Phi) is 7.97. The highest BCUT2D eigenvalue weighted by Gasteiger charge is 2.43. The van der Waals surface area contributed by atoms with E-state index < -0.39 is 35.7 Å². The fourth-order valence-electron chi connectivity index (χ4n) is 4.91. The molecule has 2 aliphatic rings. The first-order chi connectivity index (χ1) is 19.7. The standard InChI is InChI=1S/C28H29N5O8/c1-16-5-6-19(26(36)32-11-3-4-12-32)15-21(16)33-13-14-39-23(27(33)37)22(40-17(2)34)25(35)29-20-9-7-18(8-10-20)24-30-28(38)41-31-24/h5-10,15,22-23H,3-4,11-14H2,1-2H3,(H,29,35)(H,30,31,38)/t22-,23-/m1/s1. The molecule has 2 N–H and O–H groups in total. The predicted molar refractivity (Wildman–Crippen MR) is 145 cm³/mol. The molecule has 2 saturated heterocycles. The zero-order valence-corrected chi connectivity index (χ0v) is 22.5. The summed E-state index contributed by atoms with van der Waals surface area (Å²) in [6.45, 7) is 4.63. The number of aromatic nitrogens is 2. The maximum Gasteiger partial charge on any atom is 0.439 e. The first-order valence-electron chi connectivity index (χ1n) is 13.2. The number of aromatic amines is 1. The van der Waals surface area contributed by atoms with Crippen molar-refractivity contribution in [2.75, 3.05) is 36.5 Å². The van der Waals surface area contributed by atoms with Crippen LogP contribution in [-0.4, -0.2) is 77.2 Å². The number of benzene rings is 2. The lowest BCUT2D eigenvalue weighted by atomic mass is 10.0. The smallest absolute Gasteiger partial charge is 0.439 e. The van der Waals surface area contributed by atoms with Crippen LogP contribution in [0.3, 0.4) is 0 Å². The summed E-state index contributed by atoms with van der Waals surface area (Å²) < 4.78 is 15.5. The van der Waals surface area contributed by atoms with Gasteiger partial charge in [-0.15, -0.1) is 0 Å². The largest absolute Gasteiger partial charge is 0.449 e. The Balaban J connectivity index is 1.35. The molecule has 214 valence electrons. The first kappa shape index (κ1) is 27.8. The summed E-state index contributed by atoms with van der Waals surface area (Å²) in [4.78, 5) is 68.8. The molecule has 0 aliphatic carbocycles. The molecule has 3 aromatic rings. The van der Waals surface area contributed by atoms with E-state index in [4.69, 9.17) is 9.47 Å². The second-order valence-electron chi connectivity index (χ2n) is 9.82. The average molecular weight is 564 g/mol. The van der Waals surface area contributed by atoms with E-state index in [1.54, 1.807) is 47.4 Å². The number of rotatable bonds is 7. The molecular formula is C28H29N5O8. The fraction of sp³-hybridized carbons (Fsp3) is 0.357. The van der Waals surface area contributed by atoms with Crippen LogP contribution in [0.4, 0.5) is 11.4 Å². The van der Waals surface area contributed by atoms with Crippen LogP contribution in [0.25, 0.3) is 11.4 Å². The van der Waals surface area contributed by atoms with Gasteiger partial charge < -0.3 is 24.6 Å². The van der Waals surface area contributed by atoms with Crippen molar-refractivity contribution < 1.29 is 33.2 Å². The third-order valence-corrected chi connectivity index (χ3v) is 6.95. The minimum atomic E-state index is -1.58. The summed E-state index contributed by atoms with van der Waals surface area (Å²) in [7, 11) is 0. The van der Waals surface area contributed by atoms with E-state index in [9.17, 15) is 24.0 Å². The SMILES string of the molecule is CC(=O)O[C@@H](C(=O)Nc1ccc(-c2noc(=O)[nH]2)cc1)[C@H]1OCCN(c2cc(C(=O)N3CCCC3)ccc2C)C1=O. The van der Waals surface area contributed by atoms with Crippen LogP contribution in [0.5, 0.6) is 0 Å². The average Bonchev–Trinajstić information content (AvgIpc) is 3.65. The van der Waals surface area contributed by atoms with Gasteiger partial charge in [-0.25, -0.2) is 4.79 Å². The Morgan fingerprint density at radius 2 is 1.80 bits per heavy atom. The van der Waals surface area contributed by atoms with E-state index >= 15 is 0 Å². The lowest BCUT2D eigenvalue weighted by Crippen LogP contribution is -2.56. The number of carbonyl (C=O) groups is 4. The Bertz CT molecular complexity index is 1520. The molecule has 0 unspecified atom stereocenters. The third-order valence-electron chi connectivity index (χ3n) is 6.95. The molecule has 0 saturated carbocycles. The number of morpholine rings is 1. The van der Waals surface area contributed by atoms with Gasteiger partial charge in [-0.2, -0.15) is 0 Å². The summed E-state index contributed by atoms with van der Waals surface area (Å²) in [6, 6.07) is 11.5. The number of carbonyl (C=O) groups excluding carboxylic acids is 4. The molecule has 13 nitrogen and oxygen atoms in total. The van der Waals surface area contributed by atoms with Crippen molar-refractivity contribution in [1.82, 2.24) is 15.0 Å². The highest BCUT2D eigenvalue weighted by Crippen LogP contribution is 2.28. The zero-order valence-electron chi connectivity index (χ0n) is 22.5. The first-order valence-corrected chi connectivity index (χ1v) is 13.2. The number of amides is 3. The van der Waals surface area contributed by atoms with Gasteiger partial charge in [0.1, 0.15) is 0 Å². The van der Waals surface area contributed by atoms with Gasteiger partial charge in [-0.1, -0.05) is 11.2 Å². The number of nitrogens with one attached hydrogen (secondary N) is 2. The molecule has 5 rings (SSSR count). The Labute approximate surface area is 234 Å². The van der Waals surface area contributed by atoms with Gasteiger partial charge >= 0.3 is 11.7 Å². The van der Waals surface area contributed by atoms with E-state index in [0.29, 0.717) is 35.6 Å². The van der Waals surface area contributed by atoms with Crippen LogP contribution >= 0.6 is 0 Å². The molecule has 13 heteroatoms. The molecule has 1 aromatic heterocycles. The lowest BCUT2D eigenvalue weighted by Gasteiger charge is -2.36. The van der Waals surface area contributed by atoms with Crippen molar-refractivity contribution in [2.24, 2.45) is 0 Å². The summed E-state index contributed by atoms with van der Waals surface area (Å²) in [5.74, 6) is -2.69. The van der Waals surface area contributed by atoms with Crippen LogP contribution in [0.1, 0.15) is 35.7 Å². The number of anilines is 2. The number of hydrogen-bond acceptors (Lipinski definition) is 9. The quantitative estimate of drug-likeness (QED) is 0.408. The van der Waals surface area contributed by atoms with Gasteiger partial charge in [0, 0.05) is 49.1 Å². The molecule has 2 aromatic carbocycles. The summed E-state index contributed by atoms with van der Waals surface area (Å²) in [6.07, 6.45) is -1.07. The maximum atomic E-state index is 13.7. The molecule has 2 atom stereocenters. The topological polar surface area (TPSA) is 164 Å². The molecule has 3 amide bonds. The lowest BCUT2D eigenvalue weighted by molar-refractivity contribution is -0.167. The van der Waals surface area contributed by atoms with Crippen molar-refractivity contribution in [3.05, 3.63) is 64.1 Å². The summed E-state index contributed by atoms with van der Waals surface area (Å²) in [5, 5.41) is 6.25. The third kappa shape index (κ3) is 6.04. The predicted octanol–water partition coefficient (Wildman–Crippen LogP) is 1.88. The molecule has 0 radical (unpaired) electrons. The Morgan fingerprint density at radius 1 is 1.07 bits per heavy atom. The van der Waals surface area contributed by atoms with Crippen LogP contribution in [0.2, 0.25) is 0 Å². The number of ether oxygens (including phenoxy) is 2. The van der Waals surface area contributed by atoms with Crippen LogP contribution in [-0.2, 0) is 23.9 Å². The van der Waals surface area contributed by atoms with E-state index in [1.807, 2.05) is 6.92 Å². The minimum absolute atomic E-state index is 0.0792. The monoisotopic (exact) mass is 563 g/mol. The van der Waals surface area contributed by atoms with Gasteiger partial charge in [-0.3, -0.25) is 28.7 Å². The maximum absolute atomic E-state index is 13.7. The number of H-pyrrole nitrogens is 1. The molecule has 0 bridgehead atoms. The van der Waals surface area contributed by atoms with Crippen molar-refractivity contribution in [1.29, 1.82) is 0 Å². The number of nitrogens with zero attached hydrogens (tertiary/aromatic N) is 3. The van der Waals surface area contributed by atoms with Gasteiger partial charge in [-0.05, 0) is 61.7 Å². The van der Waals surface area contributed by atoms with Crippen LogP contribution in [0.15, 0.2) is 51.8 Å². The van der Waals surface area contributed by atoms with E-state index in [0.717, 1.165) is 25.3 Å². The molecular weight excluding hydrogens is 534 g/mol. The van der Waals surface area contributed by atoms with Crippen LogP contribution in [0, 0.1) is 6.92 Å². The van der Waals surface area contributed by atoms with Crippen molar-refractivity contribution in [2.45, 2.75) is 38.9 Å². The van der Waals surface area contributed by atoms with E-state index in [-0.39, 0.29) is 24.9 Å². The normalized spacial score (nSPS) is 17.8. The number of likely N-dealkylation sites (tertiary alicyclic amines) is 1. The molecule has 2 aliphatic heterocycles. The minimum Gasteiger partial charge on any atom is -0.449 e. The van der Waals surface area contributed by atoms with Gasteiger partial charge in [0.2, 0.25) is 6.10 Å². The second kappa shape index (κ2) is 11.8. The van der Waals surface area contributed by atoms with Gasteiger partial charge in [0.25, 0.3) is 17.7 Å². The number of esters is 1. The summed E-state index contributed by atoms with van der Waals surface area (Å²) >= 11 is 0. The van der Waals surface area contributed by atoms with Gasteiger partial charge in [0.15, 0.2) is 11.9 Å². The summed E-state index contributed by atoms with van der Waals surface area (Å²) in [5.41, 5.74) is 2.63. The Morgan fingerprint density at radius 3 is 2.46 bits per heavy atom. The number of aryl methyl sites for hydroxylation is 1. The van der Waals surface area contributed by atoms with Crippen LogP contribution < -0.4 is 16.0 Å². The van der Waals surface area contributed by atoms with Crippen molar-refractivity contribution in [3.8, 4) is 11.4 Å². The number of hydrogen-bond donors (Lipinski definition) is 2. The van der Waals surface area contributed by atoms with Gasteiger partial charge in [0.05, 0.1) is 6.61 Å².